The minimum Gasteiger partial charge on any atom is -0.319 e. The van der Waals surface area contributed by atoms with Gasteiger partial charge in [-0.3, -0.25) is 14.7 Å². The Bertz CT molecular complexity index is 1490. The fraction of sp³-hybridized carbons (Fsp3) is 0.289. The zero-order chi connectivity index (χ0) is 30.6. The van der Waals surface area contributed by atoms with Crippen LogP contribution in [0.2, 0.25) is 0 Å². The number of carbonyl (C=O) groups excluding carboxylic acids is 1. The zero-order valence-corrected chi connectivity index (χ0v) is 26.3. The predicted molar refractivity (Wildman–Crippen MR) is 180 cm³/mol. The molecule has 4 heteroatoms. The molecule has 3 rings (SSSR count). The summed E-state index contributed by atoms with van der Waals surface area (Å²) in [5.41, 5.74) is 11.5. The molecule has 4 nitrogen and oxygen atoms in total. The van der Waals surface area contributed by atoms with Gasteiger partial charge >= 0.3 is 6.47 Å². The highest BCUT2D eigenvalue weighted by Crippen LogP contribution is 2.39. The molecule has 0 aromatic heterocycles. The van der Waals surface area contributed by atoms with Crippen LogP contribution >= 0.6 is 0 Å². The molecule has 2 aromatic rings. The first-order chi connectivity index (χ1) is 20.2. The largest absolute Gasteiger partial charge is 0.479 e. The Morgan fingerprint density at radius 2 is 1.74 bits per heavy atom. The van der Waals surface area contributed by atoms with Gasteiger partial charge in [0.05, 0.1) is 5.56 Å². The Morgan fingerprint density at radius 1 is 1.02 bits per heavy atom. The van der Waals surface area contributed by atoms with E-state index in [0.29, 0.717) is 12.4 Å². The Morgan fingerprint density at radius 3 is 2.43 bits per heavy atom. The molecule has 1 unspecified atom stereocenters. The van der Waals surface area contributed by atoms with Crippen molar-refractivity contribution in [3.63, 3.8) is 0 Å². The molecule has 1 aliphatic carbocycles. The summed E-state index contributed by atoms with van der Waals surface area (Å²) >= 11 is 0. The standard InChI is InChI=1S/C38H45N2O2/c1-10-14-27(4)23-39-37(35-29(6)18-17-26(3)20-30(35)7)38(36-31(8)21-28(5)22-32(36)9)40-24-33-15-12-13-16-34(33)42-25-41-19-11-2/h10-17,20-25,37-38H,2,4,18-19H2,1,3,5-9H3/q+1/b14-10-,39-23?,40-24?/t37?,38-/m1/s1. The van der Waals surface area contributed by atoms with Gasteiger partial charge in [-0.2, -0.15) is 0 Å². The number of ether oxygens (including phenoxy) is 1. The Kier molecular flexibility index (Phi) is 12.0. The maximum atomic E-state index is 5.83. The van der Waals surface area contributed by atoms with Crippen molar-refractivity contribution in [2.45, 2.75) is 67.0 Å². The minimum atomic E-state index is -0.291. The van der Waals surface area contributed by atoms with E-state index >= 15 is 0 Å². The molecule has 1 aliphatic rings. The number of aliphatic imine (C=N–C) groups is 2. The maximum absolute atomic E-state index is 5.83. The Balaban J connectivity index is 2.26. The molecule has 0 saturated carbocycles. The van der Waals surface area contributed by atoms with Crippen molar-refractivity contribution in [1.82, 2.24) is 0 Å². The Labute approximate surface area is 252 Å². The van der Waals surface area contributed by atoms with Gasteiger partial charge in [0, 0.05) is 18.5 Å². The second-order valence-electron chi connectivity index (χ2n) is 10.9. The zero-order valence-electron chi connectivity index (χ0n) is 26.3. The number of aryl methyl sites for hydroxylation is 3. The van der Waals surface area contributed by atoms with Crippen molar-refractivity contribution in [3.8, 4) is 5.75 Å². The van der Waals surface area contributed by atoms with Crippen LogP contribution in [0.25, 0.3) is 0 Å². The molecule has 42 heavy (non-hydrogen) atoms. The van der Waals surface area contributed by atoms with Gasteiger partial charge in [0.1, 0.15) is 12.1 Å². The number of rotatable bonds is 12. The Hall–Kier alpha value is -4.31. The summed E-state index contributed by atoms with van der Waals surface area (Å²) in [6.45, 7) is 24.6. The number of para-hydroxylation sites is 1. The average Bonchev–Trinajstić information content (AvgIpc) is 3.06. The van der Waals surface area contributed by atoms with Crippen molar-refractivity contribution in [3.05, 3.63) is 136 Å². The SMILES string of the molecule is C=CC[O+]=COc1ccccc1C=N[C@H](c1c(C)cc(C)cc1C)C(N=CC(=C)/C=C\C)C1=C(C)CC=C(C)C=C1C. The number of hydrogen-bond donors (Lipinski definition) is 0. The first kappa shape index (κ1) is 32.2. The first-order valence-electron chi connectivity index (χ1n) is 14.5. The summed E-state index contributed by atoms with van der Waals surface area (Å²) in [7, 11) is 0. The third-order valence-corrected chi connectivity index (χ3v) is 7.22. The molecule has 0 aliphatic heterocycles. The van der Waals surface area contributed by atoms with Crippen LogP contribution < -0.4 is 4.74 Å². The van der Waals surface area contributed by atoms with Crippen LogP contribution in [0.5, 0.6) is 5.75 Å². The summed E-state index contributed by atoms with van der Waals surface area (Å²) in [4.78, 5) is 10.6. The van der Waals surface area contributed by atoms with Crippen LogP contribution in [0, 0.1) is 20.8 Å². The summed E-state index contributed by atoms with van der Waals surface area (Å²) < 4.78 is 11.2. The van der Waals surface area contributed by atoms with Crippen molar-refractivity contribution >= 4 is 18.9 Å². The van der Waals surface area contributed by atoms with E-state index in [1.54, 1.807) is 6.08 Å². The molecule has 218 valence electrons. The molecule has 0 N–H and O–H groups in total. The fourth-order valence-corrected chi connectivity index (χ4v) is 5.49. The summed E-state index contributed by atoms with van der Waals surface area (Å²) in [6.07, 6.45) is 14.8. The molecule has 2 aromatic carbocycles. The van der Waals surface area contributed by atoms with Gasteiger partial charge in [0.25, 0.3) is 5.75 Å². The lowest BCUT2D eigenvalue weighted by molar-refractivity contribution is -0.446. The lowest BCUT2D eigenvalue weighted by atomic mass is 9.83. The number of benzene rings is 2. The van der Waals surface area contributed by atoms with Crippen molar-refractivity contribution in [2.75, 3.05) is 6.61 Å². The summed E-state index contributed by atoms with van der Waals surface area (Å²) in [5.74, 6) is 0.656. The fourth-order valence-electron chi connectivity index (χ4n) is 5.49. The van der Waals surface area contributed by atoms with Crippen LogP contribution in [-0.2, 0) is 4.42 Å². The van der Waals surface area contributed by atoms with Gasteiger partial charge in [-0.15, -0.1) is 0 Å². The molecule has 0 saturated heterocycles. The van der Waals surface area contributed by atoms with Gasteiger partial charge < -0.3 is 4.42 Å². The molecular formula is C38H45N2O2+. The average molecular weight is 562 g/mol. The molecule has 0 radical (unpaired) electrons. The number of allylic oxidation sites excluding steroid dienone is 7. The summed E-state index contributed by atoms with van der Waals surface area (Å²) in [6, 6.07) is 11.7. The predicted octanol–water partition coefficient (Wildman–Crippen LogP) is 9.21. The molecule has 0 heterocycles. The van der Waals surface area contributed by atoms with Crippen molar-refractivity contribution in [2.24, 2.45) is 9.98 Å². The lowest BCUT2D eigenvalue weighted by Gasteiger charge is -2.29. The van der Waals surface area contributed by atoms with E-state index in [-0.39, 0.29) is 12.1 Å². The minimum absolute atomic E-state index is 0.269. The normalized spacial score (nSPS) is 15.8. The quantitative estimate of drug-likeness (QED) is 0.0837. The highest BCUT2D eigenvalue weighted by atomic mass is 16.6. The topological polar surface area (TPSA) is 45.2 Å². The van der Waals surface area contributed by atoms with Gasteiger partial charge in [-0.25, -0.2) is 0 Å². The second kappa shape index (κ2) is 15.6. The van der Waals surface area contributed by atoms with E-state index in [1.807, 2.05) is 55.8 Å². The van der Waals surface area contributed by atoms with E-state index in [4.69, 9.17) is 19.1 Å². The first-order valence-corrected chi connectivity index (χ1v) is 14.5. The highest BCUT2D eigenvalue weighted by molar-refractivity contribution is 5.85. The number of hydrogen-bond acceptors (Lipinski definition) is 3. The van der Waals surface area contributed by atoms with Gasteiger partial charge in [-0.1, -0.05) is 78.4 Å². The van der Waals surface area contributed by atoms with Gasteiger partial charge in [0.2, 0.25) is 6.61 Å². The highest BCUT2D eigenvalue weighted by Gasteiger charge is 2.30. The molecule has 2 atom stereocenters. The van der Waals surface area contributed by atoms with Gasteiger partial charge in [-0.05, 0) is 100 Å². The van der Waals surface area contributed by atoms with Crippen LogP contribution in [0.4, 0.5) is 0 Å². The maximum Gasteiger partial charge on any atom is 0.479 e. The molecule has 0 amide bonds. The molecule has 0 spiro atoms. The van der Waals surface area contributed by atoms with E-state index < -0.39 is 0 Å². The smallest absolute Gasteiger partial charge is 0.319 e. The number of nitrogens with zero attached hydrogens (tertiary/aromatic N) is 2. The van der Waals surface area contributed by atoms with Crippen LogP contribution in [0.1, 0.15) is 68.0 Å². The third-order valence-electron chi connectivity index (χ3n) is 7.22. The van der Waals surface area contributed by atoms with Crippen LogP contribution in [-0.4, -0.2) is 31.6 Å². The van der Waals surface area contributed by atoms with E-state index in [0.717, 1.165) is 17.6 Å². The monoisotopic (exact) mass is 561 g/mol. The second-order valence-corrected chi connectivity index (χ2v) is 10.9. The molecular weight excluding hydrogens is 516 g/mol. The van der Waals surface area contributed by atoms with E-state index in [9.17, 15) is 0 Å². The lowest BCUT2D eigenvalue weighted by Crippen LogP contribution is -2.22. The van der Waals surface area contributed by atoms with Crippen LogP contribution in [0.3, 0.4) is 0 Å². The van der Waals surface area contributed by atoms with Gasteiger partial charge in [0.15, 0.2) is 0 Å². The van der Waals surface area contributed by atoms with Crippen molar-refractivity contribution in [1.29, 1.82) is 0 Å². The van der Waals surface area contributed by atoms with E-state index in [2.05, 4.69) is 79.0 Å². The summed E-state index contributed by atoms with van der Waals surface area (Å²) in [5, 5.41) is 0. The van der Waals surface area contributed by atoms with E-state index in [1.165, 1.54) is 51.0 Å². The van der Waals surface area contributed by atoms with Crippen LogP contribution in [0.15, 0.2) is 118 Å². The molecule has 0 bridgehead atoms. The van der Waals surface area contributed by atoms with Crippen molar-refractivity contribution < 1.29 is 9.16 Å². The molecule has 0 fully saturated rings. The third kappa shape index (κ3) is 8.59.